The average molecular weight is 305 g/mol. The summed E-state index contributed by atoms with van der Waals surface area (Å²) in [6.45, 7) is 9.91. The minimum absolute atomic E-state index is 0.0830. The van der Waals surface area contributed by atoms with Gasteiger partial charge in [-0.25, -0.2) is 9.97 Å². The number of anilines is 1. The molecule has 0 amide bonds. The summed E-state index contributed by atoms with van der Waals surface area (Å²) in [4.78, 5) is 15.5. The van der Waals surface area contributed by atoms with Crippen LogP contribution in [-0.2, 0) is 13.1 Å². The molecular formula is C15H23N5S. The van der Waals surface area contributed by atoms with E-state index in [1.807, 2.05) is 26.4 Å². The largest absolute Gasteiger partial charge is 0.352 e. The van der Waals surface area contributed by atoms with E-state index in [1.54, 1.807) is 11.3 Å². The number of hydrogen-bond acceptors (Lipinski definition) is 6. The van der Waals surface area contributed by atoms with Gasteiger partial charge in [-0.2, -0.15) is 0 Å². The number of nitrogens with zero attached hydrogens (tertiary/aromatic N) is 4. The summed E-state index contributed by atoms with van der Waals surface area (Å²) < 4.78 is 0. The van der Waals surface area contributed by atoms with Crippen LogP contribution in [0.25, 0.3) is 0 Å². The van der Waals surface area contributed by atoms with Gasteiger partial charge in [0.1, 0.15) is 5.82 Å². The SMILES string of the molecule is Cc1nc(CN(C)c2cnc(CNC(C)(C)C)cn2)cs1. The van der Waals surface area contributed by atoms with Crippen molar-refractivity contribution in [3.8, 4) is 0 Å². The molecule has 1 N–H and O–H groups in total. The number of thiazole rings is 1. The molecule has 6 heteroatoms. The second kappa shape index (κ2) is 6.49. The van der Waals surface area contributed by atoms with Crippen molar-refractivity contribution in [1.29, 1.82) is 0 Å². The maximum Gasteiger partial charge on any atom is 0.147 e. The molecular weight excluding hydrogens is 282 g/mol. The van der Waals surface area contributed by atoms with E-state index < -0.39 is 0 Å². The van der Waals surface area contributed by atoms with Gasteiger partial charge in [0.25, 0.3) is 0 Å². The zero-order valence-corrected chi connectivity index (χ0v) is 14.2. The van der Waals surface area contributed by atoms with Crippen LogP contribution >= 0.6 is 11.3 Å². The Balaban J connectivity index is 1.94. The summed E-state index contributed by atoms with van der Waals surface area (Å²) >= 11 is 1.67. The summed E-state index contributed by atoms with van der Waals surface area (Å²) in [6, 6.07) is 0. The Labute approximate surface area is 130 Å². The van der Waals surface area contributed by atoms with Gasteiger partial charge in [0.2, 0.25) is 0 Å². The van der Waals surface area contributed by atoms with E-state index in [2.05, 4.69) is 51.3 Å². The van der Waals surface area contributed by atoms with E-state index in [9.17, 15) is 0 Å². The fourth-order valence-electron chi connectivity index (χ4n) is 1.80. The van der Waals surface area contributed by atoms with Gasteiger partial charge in [-0.15, -0.1) is 11.3 Å². The molecule has 0 bridgehead atoms. The quantitative estimate of drug-likeness (QED) is 0.920. The van der Waals surface area contributed by atoms with Crippen LogP contribution in [0.1, 0.15) is 37.2 Å². The molecule has 0 fully saturated rings. The van der Waals surface area contributed by atoms with Crippen LogP contribution in [0.5, 0.6) is 0 Å². The van der Waals surface area contributed by atoms with Crippen LogP contribution in [0.15, 0.2) is 17.8 Å². The van der Waals surface area contributed by atoms with Crippen LogP contribution in [0.4, 0.5) is 5.82 Å². The highest BCUT2D eigenvalue weighted by Gasteiger charge is 2.10. The number of hydrogen-bond donors (Lipinski definition) is 1. The third kappa shape index (κ3) is 5.06. The molecule has 0 aromatic carbocycles. The smallest absolute Gasteiger partial charge is 0.147 e. The lowest BCUT2D eigenvalue weighted by Crippen LogP contribution is -2.35. The number of aryl methyl sites for hydroxylation is 1. The van der Waals surface area contributed by atoms with Gasteiger partial charge >= 0.3 is 0 Å². The van der Waals surface area contributed by atoms with Gasteiger partial charge in [0, 0.05) is 24.5 Å². The molecule has 0 aliphatic rings. The zero-order valence-electron chi connectivity index (χ0n) is 13.3. The molecule has 0 aliphatic heterocycles. The van der Waals surface area contributed by atoms with Gasteiger partial charge in [0.15, 0.2) is 0 Å². The highest BCUT2D eigenvalue weighted by atomic mass is 32.1. The zero-order chi connectivity index (χ0) is 15.5. The molecule has 0 unspecified atom stereocenters. The summed E-state index contributed by atoms with van der Waals surface area (Å²) in [5, 5.41) is 6.58. The van der Waals surface area contributed by atoms with Crippen molar-refractivity contribution in [3.05, 3.63) is 34.2 Å². The van der Waals surface area contributed by atoms with Crippen molar-refractivity contribution < 1.29 is 0 Å². The monoisotopic (exact) mass is 305 g/mol. The molecule has 21 heavy (non-hydrogen) atoms. The third-order valence-corrected chi connectivity index (χ3v) is 3.77. The normalized spacial score (nSPS) is 11.7. The Morgan fingerprint density at radius 2 is 1.95 bits per heavy atom. The average Bonchev–Trinajstić information content (AvgIpc) is 2.81. The first-order valence-corrected chi connectivity index (χ1v) is 7.89. The predicted octanol–water partition coefficient (Wildman–Crippen LogP) is 2.77. The van der Waals surface area contributed by atoms with Crippen LogP contribution < -0.4 is 10.2 Å². The molecule has 2 rings (SSSR count). The first kappa shape index (κ1) is 15.9. The maximum atomic E-state index is 4.48. The van der Waals surface area contributed by atoms with Crippen molar-refractivity contribution in [3.63, 3.8) is 0 Å². The van der Waals surface area contributed by atoms with Crippen molar-refractivity contribution in [1.82, 2.24) is 20.3 Å². The standard InChI is InChI=1S/C15H23N5S/c1-11-19-13(10-21-11)9-20(5)14-8-16-12(6-17-14)7-18-15(2,3)4/h6,8,10,18H,7,9H2,1-5H3. The van der Waals surface area contributed by atoms with Crippen LogP contribution in [0.3, 0.4) is 0 Å². The second-order valence-corrected chi connectivity index (χ2v) is 7.25. The van der Waals surface area contributed by atoms with Crippen LogP contribution in [0.2, 0.25) is 0 Å². The van der Waals surface area contributed by atoms with E-state index in [0.29, 0.717) is 0 Å². The van der Waals surface area contributed by atoms with Gasteiger partial charge < -0.3 is 10.2 Å². The fourth-order valence-corrected chi connectivity index (χ4v) is 2.40. The minimum Gasteiger partial charge on any atom is -0.352 e. The molecule has 0 atom stereocenters. The van der Waals surface area contributed by atoms with Crippen LogP contribution in [0, 0.1) is 6.92 Å². The lowest BCUT2D eigenvalue weighted by atomic mass is 10.1. The fraction of sp³-hybridized carbons (Fsp3) is 0.533. The van der Waals surface area contributed by atoms with E-state index in [4.69, 9.17) is 0 Å². The molecule has 0 spiro atoms. The number of rotatable bonds is 5. The highest BCUT2D eigenvalue weighted by molar-refractivity contribution is 7.09. The van der Waals surface area contributed by atoms with E-state index in [0.717, 1.165) is 35.3 Å². The summed E-state index contributed by atoms with van der Waals surface area (Å²) in [5.74, 6) is 0.861. The Bertz CT molecular complexity index is 570. The molecule has 0 radical (unpaired) electrons. The first-order chi connectivity index (χ1) is 9.83. The molecule has 2 heterocycles. The van der Waals surface area contributed by atoms with E-state index in [-0.39, 0.29) is 5.54 Å². The topological polar surface area (TPSA) is 53.9 Å². The summed E-state index contributed by atoms with van der Waals surface area (Å²) in [5.41, 5.74) is 2.10. The van der Waals surface area contributed by atoms with Crippen molar-refractivity contribution in [2.45, 2.75) is 46.3 Å². The number of nitrogens with one attached hydrogen (secondary N) is 1. The lowest BCUT2D eigenvalue weighted by Gasteiger charge is -2.20. The molecule has 2 aromatic rings. The maximum absolute atomic E-state index is 4.48. The van der Waals surface area contributed by atoms with Crippen molar-refractivity contribution in [2.75, 3.05) is 11.9 Å². The van der Waals surface area contributed by atoms with Crippen molar-refractivity contribution in [2.24, 2.45) is 0 Å². The molecule has 0 saturated carbocycles. The molecule has 0 saturated heterocycles. The van der Waals surface area contributed by atoms with Crippen LogP contribution in [-0.4, -0.2) is 27.5 Å². The van der Waals surface area contributed by atoms with Crippen molar-refractivity contribution >= 4 is 17.2 Å². The van der Waals surface area contributed by atoms with Gasteiger partial charge in [-0.3, -0.25) is 4.98 Å². The molecule has 0 aliphatic carbocycles. The third-order valence-electron chi connectivity index (χ3n) is 2.95. The Kier molecular flexibility index (Phi) is 4.90. The van der Waals surface area contributed by atoms with Gasteiger partial charge in [-0.05, 0) is 27.7 Å². The lowest BCUT2D eigenvalue weighted by molar-refractivity contribution is 0.421. The van der Waals surface area contributed by atoms with Gasteiger partial charge in [-0.1, -0.05) is 0 Å². The summed E-state index contributed by atoms with van der Waals surface area (Å²) in [6.07, 6.45) is 3.65. The summed E-state index contributed by atoms with van der Waals surface area (Å²) in [7, 11) is 2.01. The molecule has 5 nitrogen and oxygen atoms in total. The van der Waals surface area contributed by atoms with E-state index >= 15 is 0 Å². The molecule has 114 valence electrons. The predicted molar refractivity (Wildman–Crippen MR) is 87.6 cm³/mol. The molecule has 2 aromatic heterocycles. The van der Waals surface area contributed by atoms with E-state index in [1.165, 1.54) is 0 Å². The first-order valence-electron chi connectivity index (χ1n) is 7.01. The highest BCUT2D eigenvalue weighted by Crippen LogP contribution is 2.14. The second-order valence-electron chi connectivity index (χ2n) is 6.18. The van der Waals surface area contributed by atoms with Gasteiger partial charge in [0.05, 0.1) is 35.3 Å². The minimum atomic E-state index is 0.0830. The Morgan fingerprint density at radius 1 is 1.19 bits per heavy atom. The Hall–Kier alpha value is -1.53. The number of aromatic nitrogens is 3. The Morgan fingerprint density at radius 3 is 2.48 bits per heavy atom.